The maximum absolute atomic E-state index is 11.9. The average molecular weight is 294 g/mol. The second kappa shape index (κ2) is 7.91. The molecule has 0 aliphatic rings. The van der Waals surface area contributed by atoms with Gasteiger partial charge in [0, 0.05) is 18.7 Å². The fourth-order valence-electron chi connectivity index (χ4n) is 1.60. The van der Waals surface area contributed by atoms with Crippen LogP contribution in [0.25, 0.3) is 0 Å². The number of nitrogens with two attached hydrogens (primary N) is 1. The number of allylic oxidation sites excluding steroid dienone is 1. The summed E-state index contributed by atoms with van der Waals surface area (Å²) in [6, 6.07) is 4.21. The third-order valence-corrected chi connectivity index (χ3v) is 2.60. The van der Waals surface area contributed by atoms with Crippen molar-refractivity contribution in [3.8, 4) is 0 Å². The maximum atomic E-state index is 11.9. The highest BCUT2D eigenvalue weighted by atomic mass is 19.1. The van der Waals surface area contributed by atoms with Crippen LogP contribution in [0.4, 0.5) is 4.39 Å². The summed E-state index contributed by atoms with van der Waals surface area (Å²) in [5, 5.41) is 11.2. The van der Waals surface area contributed by atoms with Gasteiger partial charge >= 0.3 is 12.0 Å². The topological polar surface area (TPSA) is 109 Å². The van der Waals surface area contributed by atoms with Crippen molar-refractivity contribution in [2.24, 2.45) is 5.73 Å². The zero-order valence-electron chi connectivity index (χ0n) is 11.1. The number of carbonyl (C=O) groups excluding carboxylic acids is 2. The highest BCUT2D eigenvalue weighted by Gasteiger charge is 2.12. The lowest BCUT2D eigenvalue weighted by Gasteiger charge is -2.08. The van der Waals surface area contributed by atoms with Crippen LogP contribution in [-0.2, 0) is 27.3 Å². The Bertz CT molecular complexity index is 572. The molecule has 0 aliphatic carbocycles. The number of rotatable bonds is 7. The van der Waals surface area contributed by atoms with Gasteiger partial charge in [-0.05, 0) is 17.5 Å². The lowest BCUT2D eigenvalue weighted by Crippen LogP contribution is -2.32. The Morgan fingerprint density at radius 1 is 1.29 bits per heavy atom. The molecular weight excluding hydrogens is 279 g/mol. The molecule has 1 aromatic rings. The molecule has 0 unspecified atom stereocenters. The standard InChI is InChI=1S/C14H15FN2O4/c15-12(18)4-5-13(19)17-8-10-3-1-2-9(6-10)7-11(16)14(20)21/h1-6,11H,7-8,16H2,(H,17,19)(H,20,21)/b5-4+/t11-/m1/s1. The summed E-state index contributed by atoms with van der Waals surface area (Å²) in [5.74, 6) is -1.69. The summed E-state index contributed by atoms with van der Waals surface area (Å²) in [4.78, 5) is 32.0. The van der Waals surface area contributed by atoms with Crippen LogP contribution in [0.1, 0.15) is 11.1 Å². The largest absolute Gasteiger partial charge is 0.480 e. The van der Waals surface area contributed by atoms with Gasteiger partial charge in [-0.25, -0.2) is 0 Å². The number of amides is 1. The van der Waals surface area contributed by atoms with Crippen LogP contribution in [0.15, 0.2) is 36.4 Å². The highest BCUT2D eigenvalue weighted by Crippen LogP contribution is 2.07. The van der Waals surface area contributed by atoms with Crippen molar-refractivity contribution in [2.75, 3.05) is 0 Å². The summed E-state index contributed by atoms with van der Waals surface area (Å²) in [5.41, 5.74) is 6.91. The van der Waals surface area contributed by atoms with E-state index in [-0.39, 0.29) is 13.0 Å². The fourth-order valence-corrected chi connectivity index (χ4v) is 1.60. The lowest BCUT2D eigenvalue weighted by atomic mass is 10.0. The normalized spacial score (nSPS) is 12.1. The van der Waals surface area contributed by atoms with Gasteiger partial charge in [-0.15, -0.1) is 0 Å². The summed E-state index contributed by atoms with van der Waals surface area (Å²) in [7, 11) is 0. The summed E-state index contributed by atoms with van der Waals surface area (Å²) >= 11 is 0. The lowest BCUT2D eigenvalue weighted by molar-refractivity contribution is -0.138. The Balaban J connectivity index is 2.59. The summed E-state index contributed by atoms with van der Waals surface area (Å²) in [6.45, 7) is 0.166. The van der Waals surface area contributed by atoms with E-state index in [0.29, 0.717) is 6.08 Å². The molecule has 0 saturated heterocycles. The average Bonchev–Trinajstić information content (AvgIpc) is 2.43. The Kier molecular flexibility index (Phi) is 6.22. The van der Waals surface area contributed by atoms with Gasteiger partial charge in [-0.3, -0.25) is 14.4 Å². The third-order valence-electron chi connectivity index (χ3n) is 2.60. The molecule has 1 aromatic carbocycles. The minimum Gasteiger partial charge on any atom is -0.480 e. The van der Waals surface area contributed by atoms with Gasteiger partial charge in [0.15, 0.2) is 0 Å². The molecule has 4 N–H and O–H groups in total. The number of carbonyl (C=O) groups is 3. The van der Waals surface area contributed by atoms with E-state index in [1.165, 1.54) is 0 Å². The number of carboxylic acids is 1. The minimum atomic E-state index is -1.70. The first-order valence-electron chi connectivity index (χ1n) is 6.10. The van der Waals surface area contributed by atoms with Crippen LogP contribution < -0.4 is 11.1 Å². The van der Waals surface area contributed by atoms with Crippen molar-refractivity contribution in [3.63, 3.8) is 0 Å². The Labute approximate surface area is 120 Å². The Hall–Kier alpha value is -2.54. The second-order valence-corrected chi connectivity index (χ2v) is 4.32. The van der Waals surface area contributed by atoms with Gasteiger partial charge in [0.1, 0.15) is 6.04 Å². The van der Waals surface area contributed by atoms with E-state index in [4.69, 9.17) is 10.8 Å². The van der Waals surface area contributed by atoms with E-state index in [0.717, 1.165) is 17.2 Å². The van der Waals surface area contributed by atoms with Crippen molar-refractivity contribution in [2.45, 2.75) is 19.0 Å². The quantitative estimate of drug-likeness (QED) is 0.495. The van der Waals surface area contributed by atoms with Crippen LogP contribution in [0.2, 0.25) is 0 Å². The Morgan fingerprint density at radius 2 is 1.95 bits per heavy atom. The maximum Gasteiger partial charge on any atom is 0.325 e. The molecule has 112 valence electrons. The molecule has 0 aliphatic heterocycles. The molecule has 1 rings (SSSR count). The molecule has 1 amide bonds. The number of carboxylic acid groups (broad SMARTS) is 1. The zero-order chi connectivity index (χ0) is 15.8. The Morgan fingerprint density at radius 3 is 2.57 bits per heavy atom. The van der Waals surface area contributed by atoms with Crippen LogP contribution in [-0.4, -0.2) is 29.1 Å². The van der Waals surface area contributed by atoms with Crippen LogP contribution in [0, 0.1) is 0 Å². The molecule has 0 saturated carbocycles. The second-order valence-electron chi connectivity index (χ2n) is 4.32. The molecule has 7 heteroatoms. The first kappa shape index (κ1) is 16.5. The monoisotopic (exact) mass is 294 g/mol. The van der Waals surface area contributed by atoms with Gasteiger partial charge in [-0.2, -0.15) is 4.39 Å². The molecule has 6 nitrogen and oxygen atoms in total. The zero-order valence-corrected chi connectivity index (χ0v) is 11.1. The van der Waals surface area contributed by atoms with Gasteiger partial charge in [0.2, 0.25) is 5.91 Å². The predicted octanol–water partition coefficient (Wildman–Crippen LogP) is 0.309. The molecule has 21 heavy (non-hydrogen) atoms. The first-order chi connectivity index (χ1) is 9.88. The number of hydrogen-bond donors (Lipinski definition) is 3. The molecule has 0 bridgehead atoms. The number of halogens is 1. The first-order valence-corrected chi connectivity index (χ1v) is 6.10. The van der Waals surface area contributed by atoms with Crippen LogP contribution in [0.3, 0.4) is 0 Å². The number of benzene rings is 1. The van der Waals surface area contributed by atoms with E-state index >= 15 is 0 Å². The van der Waals surface area contributed by atoms with Crippen molar-refractivity contribution in [3.05, 3.63) is 47.5 Å². The van der Waals surface area contributed by atoms with Gasteiger partial charge in [0.25, 0.3) is 0 Å². The van der Waals surface area contributed by atoms with Gasteiger partial charge < -0.3 is 16.2 Å². The smallest absolute Gasteiger partial charge is 0.325 e. The SMILES string of the molecule is N[C@H](Cc1cccc(CNC(=O)/C=C/C(=O)F)c1)C(=O)O. The van der Waals surface area contributed by atoms with Crippen molar-refractivity contribution < 1.29 is 23.9 Å². The molecular formula is C14H15FN2O4. The van der Waals surface area contributed by atoms with Crippen molar-refractivity contribution in [1.82, 2.24) is 5.32 Å². The van der Waals surface area contributed by atoms with Gasteiger partial charge in [0.05, 0.1) is 0 Å². The number of nitrogens with one attached hydrogen (secondary N) is 1. The van der Waals surface area contributed by atoms with Gasteiger partial charge in [-0.1, -0.05) is 24.3 Å². The molecule has 1 atom stereocenters. The van der Waals surface area contributed by atoms with Crippen LogP contribution in [0.5, 0.6) is 0 Å². The molecule has 0 radical (unpaired) electrons. The fraction of sp³-hybridized carbons (Fsp3) is 0.214. The predicted molar refractivity (Wildman–Crippen MR) is 72.9 cm³/mol. The number of aliphatic carboxylic acids is 1. The van der Waals surface area contributed by atoms with Crippen molar-refractivity contribution in [1.29, 1.82) is 0 Å². The molecule has 0 spiro atoms. The molecule has 0 fully saturated rings. The minimum absolute atomic E-state index is 0.166. The summed E-state index contributed by atoms with van der Waals surface area (Å²) < 4.78 is 11.9. The van der Waals surface area contributed by atoms with E-state index in [1.807, 2.05) is 0 Å². The number of hydrogen-bond acceptors (Lipinski definition) is 4. The molecule has 0 aromatic heterocycles. The van der Waals surface area contributed by atoms with E-state index in [1.54, 1.807) is 24.3 Å². The van der Waals surface area contributed by atoms with E-state index in [9.17, 15) is 18.8 Å². The molecule has 0 heterocycles. The summed E-state index contributed by atoms with van der Waals surface area (Å²) in [6.07, 6.45) is 1.50. The van der Waals surface area contributed by atoms with E-state index < -0.39 is 24.0 Å². The van der Waals surface area contributed by atoms with E-state index in [2.05, 4.69) is 5.32 Å². The van der Waals surface area contributed by atoms with Crippen molar-refractivity contribution >= 4 is 17.9 Å². The third kappa shape index (κ3) is 6.44. The highest BCUT2D eigenvalue weighted by molar-refractivity contribution is 5.94. The van der Waals surface area contributed by atoms with Crippen LogP contribution >= 0.6 is 0 Å².